The molecule has 0 aromatic heterocycles. The third-order valence-electron chi connectivity index (χ3n) is 2.29. The Balaban J connectivity index is 0. The molecule has 0 amide bonds. The first-order chi connectivity index (χ1) is 11.4. The molecule has 0 unspecified atom stereocenters. The topological polar surface area (TPSA) is 105 Å². The number of esters is 2. The molecule has 1 rings (SSSR count). The highest BCUT2D eigenvalue weighted by molar-refractivity contribution is 6.05. The van der Waals surface area contributed by atoms with Crippen molar-refractivity contribution in [1.29, 1.82) is 0 Å². The Labute approximate surface area is 140 Å². The predicted molar refractivity (Wildman–Crippen MR) is 85.8 cm³/mol. The van der Waals surface area contributed by atoms with Crippen molar-refractivity contribution in [1.82, 2.24) is 0 Å². The van der Waals surface area contributed by atoms with Gasteiger partial charge in [-0.2, -0.15) is 0 Å². The molecule has 0 saturated carbocycles. The van der Waals surface area contributed by atoms with E-state index in [0.29, 0.717) is 12.6 Å². The van der Waals surface area contributed by atoms with Gasteiger partial charge in [0.05, 0.1) is 25.3 Å². The molecule has 1 aromatic carbocycles. The van der Waals surface area contributed by atoms with Crippen LogP contribution in [0.5, 0.6) is 0 Å². The average Bonchev–Trinajstić information content (AvgIpc) is 2.60. The van der Waals surface area contributed by atoms with E-state index in [2.05, 4.69) is 18.9 Å². The molecule has 0 saturated heterocycles. The average molecular weight is 342 g/mol. The van der Waals surface area contributed by atoms with Crippen LogP contribution in [0.3, 0.4) is 0 Å². The summed E-state index contributed by atoms with van der Waals surface area (Å²) in [7, 11) is 8.78. The summed E-state index contributed by atoms with van der Waals surface area (Å²) in [4.78, 5) is 44.5. The lowest BCUT2D eigenvalue weighted by molar-refractivity contribution is 0.0595. The fourth-order valence-electron chi connectivity index (χ4n) is 1.40. The van der Waals surface area contributed by atoms with Gasteiger partial charge in [-0.3, -0.25) is 9.59 Å². The first-order valence-electron chi connectivity index (χ1n) is 6.47. The number of benzene rings is 1. The van der Waals surface area contributed by atoms with Crippen molar-refractivity contribution in [2.45, 2.75) is 0 Å². The third kappa shape index (κ3) is 7.61. The van der Waals surface area contributed by atoms with Crippen LogP contribution in [-0.2, 0) is 18.9 Å². The maximum absolute atomic E-state index is 11.4. The summed E-state index contributed by atoms with van der Waals surface area (Å²) in [6.07, 6.45) is 0.806. The zero-order valence-electron chi connectivity index (χ0n) is 14.6. The minimum absolute atomic E-state index is 0.0309. The van der Waals surface area contributed by atoms with Crippen molar-refractivity contribution in [3.8, 4) is 0 Å². The Morgan fingerprint density at radius 1 is 0.708 bits per heavy atom. The lowest BCUT2D eigenvalue weighted by Gasteiger charge is -2.08. The number of rotatable bonds is 4. The molecule has 0 bridgehead atoms. The highest BCUT2D eigenvalue weighted by Crippen LogP contribution is 2.17. The maximum Gasteiger partial charge on any atom is 0.338 e. The van der Waals surface area contributed by atoms with Crippen LogP contribution < -0.4 is 0 Å². The largest absolute Gasteiger partial charge is 0.465 e. The van der Waals surface area contributed by atoms with E-state index in [0.717, 1.165) is 26.4 Å². The molecule has 0 aliphatic rings. The van der Waals surface area contributed by atoms with Gasteiger partial charge in [0.15, 0.2) is 12.6 Å². The number of ether oxygens (including phenoxy) is 4. The van der Waals surface area contributed by atoms with Crippen LogP contribution in [0.15, 0.2) is 12.1 Å². The number of hydrogen-bond donors (Lipinski definition) is 0. The van der Waals surface area contributed by atoms with E-state index >= 15 is 0 Å². The molecule has 0 N–H and O–H groups in total. The van der Waals surface area contributed by atoms with Gasteiger partial charge in [0, 0.05) is 39.6 Å². The highest BCUT2D eigenvalue weighted by atomic mass is 16.5. The Bertz CT molecular complexity index is 506. The quantitative estimate of drug-likeness (QED) is 0.597. The van der Waals surface area contributed by atoms with Crippen LogP contribution in [-0.4, -0.2) is 67.2 Å². The summed E-state index contributed by atoms with van der Waals surface area (Å²) in [5.41, 5.74) is -0.259. The van der Waals surface area contributed by atoms with Gasteiger partial charge in [-0.05, 0) is 12.1 Å². The summed E-state index contributed by atoms with van der Waals surface area (Å²) >= 11 is 0. The van der Waals surface area contributed by atoms with E-state index in [1.54, 1.807) is 28.4 Å². The Morgan fingerprint density at radius 2 is 1.00 bits per heavy atom. The molecule has 0 spiro atoms. The summed E-state index contributed by atoms with van der Waals surface area (Å²) in [5.74, 6) is -1.56. The summed E-state index contributed by atoms with van der Waals surface area (Å²) in [6, 6.07) is 2.24. The zero-order valence-corrected chi connectivity index (χ0v) is 14.6. The molecule has 1 aromatic rings. The summed E-state index contributed by atoms with van der Waals surface area (Å²) in [5, 5.41) is 0. The van der Waals surface area contributed by atoms with Gasteiger partial charge < -0.3 is 18.9 Å². The fraction of sp³-hybridized carbons (Fsp3) is 0.375. The lowest BCUT2D eigenvalue weighted by atomic mass is 9.99. The number of aldehydes is 2. The van der Waals surface area contributed by atoms with E-state index < -0.39 is 11.9 Å². The molecule has 0 heterocycles. The molecule has 0 aliphatic heterocycles. The normalized spacial score (nSPS) is 8.58. The van der Waals surface area contributed by atoms with Crippen LogP contribution >= 0.6 is 0 Å². The van der Waals surface area contributed by atoms with Gasteiger partial charge in [-0.15, -0.1) is 0 Å². The van der Waals surface area contributed by atoms with Crippen molar-refractivity contribution < 1.29 is 38.1 Å². The molecule has 8 heteroatoms. The highest BCUT2D eigenvalue weighted by Gasteiger charge is 2.19. The molecule has 0 atom stereocenters. The molecular weight excluding hydrogens is 320 g/mol. The van der Waals surface area contributed by atoms with Gasteiger partial charge in [0.2, 0.25) is 0 Å². The van der Waals surface area contributed by atoms with Gasteiger partial charge in [-0.25, -0.2) is 9.59 Å². The van der Waals surface area contributed by atoms with Crippen LogP contribution in [0.1, 0.15) is 41.4 Å². The van der Waals surface area contributed by atoms with Crippen LogP contribution in [0.2, 0.25) is 0 Å². The number of carbonyl (C=O) groups excluding carboxylic acids is 4. The van der Waals surface area contributed by atoms with Crippen molar-refractivity contribution in [3.63, 3.8) is 0 Å². The Morgan fingerprint density at radius 3 is 1.21 bits per heavy atom. The van der Waals surface area contributed by atoms with Crippen LogP contribution in [0, 0.1) is 0 Å². The lowest BCUT2D eigenvalue weighted by Crippen LogP contribution is -2.12. The Hall–Kier alpha value is -2.58. The van der Waals surface area contributed by atoms with E-state index in [4.69, 9.17) is 0 Å². The molecular formula is C16H22O8. The number of methoxy groups -OCH3 is 4. The molecule has 134 valence electrons. The molecule has 0 radical (unpaired) electrons. The van der Waals surface area contributed by atoms with Gasteiger partial charge >= 0.3 is 11.9 Å². The fourth-order valence-corrected chi connectivity index (χ4v) is 1.40. The van der Waals surface area contributed by atoms with Gasteiger partial charge in [-0.1, -0.05) is 0 Å². The zero-order chi connectivity index (χ0) is 19.1. The molecule has 0 fully saturated rings. The molecule has 24 heavy (non-hydrogen) atoms. The first kappa shape index (κ1) is 23.7. The molecule has 0 aliphatic carbocycles. The second kappa shape index (κ2) is 14.0. The van der Waals surface area contributed by atoms with Gasteiger partial charge in [0.1, 0.15) is 0 Å². The standard InChI is InChI=1S/C12H10O6.2C2H6O/c1-17-11(15)9-4-10(12(16)18-2)8(6-14)3-7(9)5-13;2*1-3-2/h3-6H,1-2H3;2*1-2H3. The SMILES string of the molecule is COC.COC.COC(=O)c1cc(C(=O)OC)c(C=O)cc1C=O. The van der Waals surface area contributed by atoms with Crippen molar-refractivity contribution in [2.75, 3.05) is 42.7 Å². The smallest absolute Gasteiger partial charge is 0.338 e. The van der Waals surface area contributed by atoms with Crippen molar-refractivity contribution >= 4 is 24.5 Å². The molecule has 8 nitrogen and oxygen atoms in total. The minimum Gasteiger partial charge on any atom is -0.465 e. The summed E-state index contributed by atoms with van der Waals surface area (Å²) < 4.78 is 17.5. The van der Waals surface area contributed by atoms with E-state index in [1.807, 2.05) is 0 Å². The summed E-state index contributed by atoms with van der Waals surface area (Å²) in [6.45, 7) is 0. The van der Waals surface area contributed by atoms with Crippen molar-refractivity contribution in [2.24, 2.45) is 0 Å². The predicted octanol–water partition coefficient (Wildman–Crippen LogP) is 1.41. The number of hydrogen-bond acceptors (Lipinski definition) is 8. The van der Waals surface area contributed by atoms with Gasteiger partial charge in [0.25, 0.3) is 0 Å². The van der Waals surface area contributed by atoms with Crippen LogP contribution in [0.4, 0.5) is 0 Å². The first-order valence-corrected chi connectivity index (χ1v) is 6.47. The Kier molecular flexibility index (Phi) is 13.9. The maximum atomic E-state index is 11.4. The third-order valence-corrected chi connectivity index (χ3v) is 2.29. The van der Waals surface area contributed by atoms with E-state index in [9.17, 15) is 19.2 Å². The number of carbonyl (C=O) groups is 4. The van der Waals surface area contributed by atoms with Crippen LogP contribution in [0.25, 0.3) is 0 Å². The van der Waals surface area contributed by atoms with E-state index in [1.165, 1.54) is 0 Å². The minimum atomic E-state index is -0.778. The second-order valence-corrected chi connectivity index (χ2v) is 4.06. The van der Waals surface area contributed by atoms with Crippen molar-refractivity contribution in [3.05, 3.63) is 34.4 Å². The monoisotopic (exact) mass is 342 g/mol. The van der Waals surface area contributed by atoms with E-state index in [-0.39, 0.29) is 22.3 Å². The second-order valence-electron chi connectivity index (χ2n) is 4.06.